The van der Waals surface area contributed by atoms with Gasteiger partial charge in [0, 0.05) is 24.5 Å². The molecule has 0 aromatic heterocycles. The fraction of sp³-hybridized carbons (Fsp3) is 0.111. The quantitative estimate of drug-likeness (QED) is 0.272. The molecular weight excluding hydrogens is 384 g/mol. The van der Waals surface area contributed by atoms with E-state index in [4.69, 9.17) is 9.47 Å². The molecule has 4 aromatic rings. The Morgan fingerprint density at radius 2 is 0.774 bits per heavy atom. The van der Waals surface area contributed by atoms with E-state index in [1.165, 1.54) is 0 Å². The number of hydrogen-bond donors (Lipinski definition) is 2. The van der Waals surface area contributed by atoms with Crippen LogP contribution >= 0.6 is 0 Å². The van der Waals surface area contributed by atoms with Crippen LogP contribution in [0.15, 0.2) is 109 Å². The highest BCUT2D eigenvalue weighted by Crippen LogP contribution is 2.23. The molecule has 31 heavy (non-hydrogen) atoms. The van der Waals surface area contributed by atoms with Gasteiger partial charge in [-0.25, -0.2) is 0 Å². The fourth-order valence-corrected chi connectivity index (χ4v) is 3.08. The lowest BCUT2D eigenvalue weighted by molar-refractivity contribution is 0.482. The van der Waals surface area contributed by atoms with E-state index in [9.17, 15) is 0 Å². The number of nitrogens with one attached hydrogen (secondary N) is 2. The molecule has 0 saturated heterocycles. The van der Waals surface area contributed by atoms with Crippen LogP contribution in [0.3, 0.4) is 0 Å². The van der Waals surface area contributed by atoms with Crippen molar-refractivity contribution >= 4 is 11.4 Å². The van der Waals surface area contributed by atoms with Gasteiger partial charge in [0.2, 0.25) is 0 Å². The average molecular weight is 411 g/mol. The third-order valence-corrected chi connectivity index (χ3v) is 4.68. The van der Waals surface area contributed by atoms with Crippen LogP contribution in [-0.4, -0.2) is 13.1 Å². The van der Waals surface area contributed by atoms with Gasteiger partial charge in [-0.3, -0.25) is 0 Å². The lowest BCUT2D eigenvalue weighted by atomic mass is 10.2. The van der Waals surface area contributed by atoms with Crippen molar-refractivity contribution in [1.29, 1.82) is 0 Å². The highest BCUT2D eigenvalue weighted by atomic mass is 16.5. The molecule has 0 unspecified atom stereocenters. The van der Waals surface area contributed by atoms with Crippen molar-refractivity contribution in [3.63, 3.8) is 0 Å². The molecule has 4 heteroatoms. The van der Waals surface area contributed by atoms with E-state index in [0.29, 0.717) is 0 Å². The van der Waals surface area contributed by atoms with E-state index in [1.54, 1.807) is 0 Å². The lowest BCUT2D eigenvalue weighted by Crippen LogP contribution is -2.09. The van der Waals surface area contributed by atoms with Crippen molar-refractivity contribution in [2.24, 2.45) is 0 Å². The van der Waals surface area contributed by atoms with Crippen LogP contribution in [0.4, 0.5) is 11.4 Å². The predicted molar refractivity (Wildman–Crippen MR) is 128 cm³/mol. The molecule has 0 spiro atoms. The van der Waals surface area contributed by atoms with Crippen LogP contribution in [0.1, 0.15) is 6.42 Å². The van der Waals surface area contributed by atoms with E-state index < -0.39 is 0 Å². The number of rotatable bonds is 10. The van der Waals surface area contributed by atoms with Gasteiger partial charge in [0.25, 0.3) is 0 Å². The molecule has 2 N–H and O–H groups in total. The van der Waals surface area contributed by atoms with Crippen LogP contribution in [-0.2, 0) is 0 Å². The number of ether oxygens (including phenoxy) is 2. The molecular formula is C27H26N2O2. The number of benzene rings is 4. The summed E-state index contributed by atoms with van der Waals surface area (Å²) in [5.74, 6) is 3.35. The van der Waals surface area contributed by atoms with Gasteiger partial charge in [-0.05, 0) is 79.2 Å². The maximum absolute atomic E-state index is 5.82. The van der Waals surface area contributed by atoms with E-state index >= 15 is 0 Å². The SMILES string of the molecule is c1ccc(Oc2ccc(NCCCNc3ccc(Oc4ccccc4)cc3)cc2)cc1. The summed E-state index contributed by atoms with van der Waals surface area (Å²) in [6, 6.07) is 35.7. The van der Waals surface area contributed by atoms with Crippen LogP contribution in [0.5, 0.6) is 23.0 Å². The molecule has 4 nitrogen and oxygen atoms in total. The van der Waals surface area contributed by atoms with Crippen LogP contribution in [0.2, 0.25) is 0 Å². The predicted octanol–water partition coefficient (Wildman–Crippen LogP) is 7.19. The average Bonchev–Trinajstić information content (AvgIpc) is 2.82. The molecule has 0 radical (unpaired) electrons. The van der Waals surface area contributed by atoms with E-state index in [0.717, 1.165) is 53.9 Å². The van der Waals surface area contributed by atoms with Gasteiger partial charge in [-0.2, -0.15) is 0 Å². The third kappa shape index (κ3) is 6.54. The standard InChI is InChI=1S/C27H26N2O2/c1-3-8-24(9-4-1)30-26-16-12-22(13-17-26)28-20-7-21-29-23-14-18-27(19-15-23)31-25-10-5-2-6-11-25/h1-6,8-19,28-29H,7,20-21H2. The molecule has 0 heterocycles. The normalized spacial score (nSPS) is 10.3. The third-order valence-electron chi connectivity index (χ3n) is 4.68. The van der Waals surface area contributed by atoms with Gasteiger partial charge in [-0.1, -0.05) is 36.4 Å². The summed E-state index contributed by atoms with van der Waals surface area (Å²) in [4.78, 5) is 0. The topological polar surface area (TPSA) is 42.5 Å². The molecule has 0 aliphatic carbocycles. The fourth-order valence-electron chi connectivity index (χ4n) is 3.08. The van der Waals surface area contributed by atoms with Crippen LogP contribution in [0, 0.1) is 0 Å². The molecule has 0 saturated carbocycles. The van der Waals surface area contributed by atoms with Crippen molar-refractivity contribution in [2.75, 3.05) is 23.7 Å². The van der Waals surface area contributed by atoms with E-state index in [2.05, 4.69) is 10.6 Å². The Morgan fingerprint density at radius 1 is 0.419 bits per heavy atom. The lowest BCUT2D eigenvalue weighted by Gasteiger charge is -2.10. The van der Waals surface area contributed by atoms with Gasteiger partial charge in [-0.15, -0.1) is 0 Å². The minimum absolute atomic E-state index is 0.832. The first-order chi connectivity index (χ1) is 15.3. The Labute approximate surface area is 183 Å². The molecule has 0 aliphatic rings. The minimum Gasteiger partial charge on any atom is -0.457 e. The zero-order valence-electron chi connectivity index (χ0n) is 17.3. The highest BCUT2D eigenvalue weighted by molar-refractivity contribution is 5.48. The van der Waals surface area contributed by atoms with Gasteiger partial charge >= 0.3 is 0 Å². The van der Waals surface area contributed by atoms with E-state index in [1.807, 2.05) is 109 Å². The Bertz CT molecular complexity index is 947. The monoisotopic (exact) mass is 410 g/mol. The first-order valence-electron chi connectivity index (χ1n) is 10.5. The second-order valence-corrected chi connectivity index (χ2v) is 7.09. The largest absolute Gasteiger partial charge is 0.457 e. The Hall–Kier alpha value is -3.92. The maximum atomic E-state index is 5.82. The number of hydrogen-bond acceptors (Lipinski definition) is 4. The summed E-state index contributed by atoms with van der Waals surface area (Å²) >= 11 is 0. The zero-order valence-corrected chi connectivity index (χ0v) is 17.3. The summed E-state index contributed by atoms with van der Waals surface area (Å²) in [6.07, 6.45) is 1.00. The molecule has 0 fully saturated rings. The van der Waals surface area contributed by atoms with E-state index in [-0.39, 0.29) is 0 Å². The molecule has 0 bridgehead atoms. The van der Waals surface area contributed by atoms with Gasteiger partial charge in [0.05, 0.1) is 0 Å². The summed E-state index contributed by atoms with van der Waals surface area (Å²) in [7, 11) is 0. The minimum atomic E-state index is 0.832. The molecule has 4 aromatic carbocycles. The van der Waals surface area contributed by atoms with Crippen molar-refractivity contribution in [2.45, 2.75) is 6.42 Å². The Morgan fingerprint density at radius 3 is 1.16 bits per heavy atom. The summed E-state index contributed by atoms with van der Waals surface area (Å²) in [6.45, 7) is 1.78. The smallest absolute Gasteiger partial charge is 0.127 e. The summed E-state index contributed by atoms with van der Waals surface area (Å²) in [5.41, 5.74) is 2.17. The van der Waals surface area contributed by atoms with Crippen molar-refractivity contribution in [3.05, 3.63) is 109 Å². The number of anilines is 2. The Kier molecular flexibility index (Phi) is 7.05. The molecule has 0 amide bonds. The second kappa shape index (κ2) is 10.7. The van der Waals surface area contributed by atoms with Crippen molar-refractivity contribution in [1.82, 2.24) is 0 Å². The van der Waals surface area contributed by atoms with Gasteiger partial charge < -0.3 is 20.1 Å². The van der Waals surface area contributed by atoms with Crippen LogP contribution in [0.25, 0.3) is 0 Å². The highest BCUT2D eigenvalue weighted by Gasteiger charge is 1.99. The molecule has 156 valence electrons. The number of para-hydroxylation sites is 2. The second-order valence-electron chi connectivity index (χ2n) is 7.09. The van der Waals surface area contributed by atoms with Crippen molar-refractivity contribution < 1.29 is 9.47 Å². The van der Waals surface area contributed by atoms with Crippen LogP contribution < -0.4 is 20.1 Å². The Balaban J connectivity index is 1.15. The summed E-state index contributed by atoms with van der Waals surface area (Å²) < 4.78 is 11.6. The molecule has 0 aliphatic heterocycles. The van der Waals surface area contributed by atoms with Crippen molar-refractivity contribution in [3.8, 4) is 23.0 Å². The summed E-state index contributed by atoms with van der Waals surface area (Å²) in [5, 5.41) is 6.89. The first kappa shape index (κ1) is 20.4. The molecule has 0 atom stereocenters. The van der Waals surface area contributed by atoms with Gasteiger partial charge in [0.15, 0.2) is 0 Å². The maximum Gasteiger partial charge on any atom is 0.127 e. The molecule has 4 rings (SSSR count). The van der Waals surface area contributed by atoms with Gasteiger partial charge in [0.1, 0.15) is 23.0 Å². The zero-order chi connectivity index (χ0) is 21.1. The first-order valence-corrected chi connectivity index (χ1v) is 10.5.